The Hall–Kier alpha value is -3.78. The third-order valence-corrected chi connectivity index (χ3v) is 4.62. The Morgan fingerprint density at radius 1 is 1.03 bits per heavy atom. The molecule has 4 aromatic rings. The van der Waals surface area contributed by atoms with Gasteiger partial charge < -0.3 is 10.6 Å². The summed E-state index contributed by atoms with van der Waals surface area (Å²) in [5.74, 6) is 0. The zero-order valence-electron chi connectivity index (χ0n) is 15.3. The second-order valence-electron chi connectivity index (χ2n) is 6.45. The molecule has 0 fully saturated rings. The Bertz CT molecular complexity index is 1200. The predicted octanol–water partition coefficient (Wildman–Crippen LogP) is 4.80. The number of aromatic nitrogens is 2. The summed E-state index contributed by atoms with van der Waals surface area (Å²) < 4.78 is 1.83. The summed E-state index contributed by atoms with van der Waals surface area (Å²) in [7, 11) is 0. The third kappa shape index (κ3) is 4.39. The van der Waals surface area contributed by atoms with E-state index < -0.39 is 4.92 Å². The molecule has 0 atom stereocenters. The molecular weight excluding hydrogens is 386 g/mol. The quantitative estimate of drug-likeness (QED) is 0.283. The second-order valence-corrected chi connectivity index (χ2v) is 6.86. The van der Waals surface area contributed by atoms with Gasteiger partial charge in [0.2, 0.25) is 0 Å². The Balaban J connectivity index is 1.43. The fourth-order valence-corrected chi connectivity index (χ4v) is 3.35. The smallest absolute Gasteiger partial charge is 0.271 e. The number of non-ortho nitro benzene ring substituents is 1. The van der Waals surface area contributed by atoms with Crippen LogP contribution >= 0.6 is 12.2 Å². The van der Waals surface area contributed by atoms with Gasteiger partial charge in [-0.25, -0.2) is 0 Å². The minimum atomic E-state index is -0.445. The van der Waals surface area contributed by atoms with Gasteiger partial charge in [0.25, 0.3) is 5.69 Å². The summed E-state index contributed by atoms with van der Waals surface area (Å²) in [6, 6.07) is 20.6. The molecule has 144 valence electrons. The number of anilines is 2. The molecule has 1 aromatic heterocycles. The molecule has 3 aromatic carbocycles. The van der Waals surface area contributed by atoms with Gasteiger partial charge in [-0.15, -0.1) is 0 Å². The van der Waals surface area contributed by atoms with Crippen LogP contribution in [0.3, 0.4) is 0 Å². The summed E-state index contributed by atoms with van der Waals surface area (Å²) in [6.07, 6.45) is 3.55. The zero-order valence-corrected chi connectivity index (χ0v) is 16.1. The van der Waals surface area contributed by atoms with Gasteiger partial charge in [0.05, 0.1) is 23.4 Å². The number of hydrogen-bond acceptors (Lipinski definition) is 4. The van der Waals surface area contributed by atoms with Gasteiger partial charge in [0.1, 0.15) is 0 Å². The van der Waals surface area contributed by atoms with Crippen molar-refractivity contribution >= 4 is 45.2 Å². The molecule has 0 unspecified atom stereocenters. The highest BCUT2D eigenvalue weighted by Crippen LogP contribution is 2.20. The number of nitro groups is 1. The van der Waals surface area contributed by atoms with Gasteiger partial charge in [0, 0.05) is 24.0 Å². The van der Waals surface area contributed by atoms with E-state index in [-0.39, 0.29) is 5.69 Å². The topological polar surface area (TPSA) is 85.0 Å². The van der Waals surface area contributed by atoms with E-state index in [1.165, 1.54) is 28.5 Å². The first kappa shape index (κ1) is 18.6. The first-order chi connectivity index (χ1) is 14.1. The van der Waals surface area contributed by atoms with Crippen molar-refractivity contribution in [3.8, 4) is 0 Å². The summed E-state index contributed by atoms with van der Waals surface area (Å²) in [5, 5.41) is 24.0. The van der Waals surface area contributed by atoms with Crippen molar-refractivity contribution in [2.24, 2.45) is 0 Å². The van der Waals surface area contributed by atoms with Crippen molar-refractivity contribution in [2.75, 3.05) is 10.6 Å². The maximum absolute atomic E-state index is 10.9. The van der Waals surface area contributed by atoms with E-state index in [1.54, 1.807) is 18.3 Å². The highest BCUT2D eigenvalue weighted by Gasteiger charge is 2.08. The summed E-state index contributed by atoms with van der Waals surface area (Å²) in [6.45, 7) is 0.633. The summed E-state index contributed by atoms with van der Waals surface area (Å²) >= 11 is 5.30. The molecular formula is C21H17N5O2S. The molecule has 0 saturated carbocycles. The number of thiocarbonyl (C=S) groups is 1. The lowest BCUT2D eigenvalue weighted by molar-refractivity contribution is -0.384. The lowest BCUT2D eigenvalue weighted by Gasteiger charge is -2.09. The molecule has 1 heterocycles. The van der Waals surface area contributed by atoms with Crippen molar-refractivity contribution in [1.29, 1.82) is 0 Å². The molecule has 0 spiro atoms. The number of hydrogen-bond donors (Lipinski definition) is 2. The molecule has 0 bridgehead atoms. The van der Waals surface area contributed by atoms with Crippen molar-refractivity contribution in [3.05, 3.63) is 94.8 Å². The monoisotopic (exact) mass is 403 g/mol. The van der Waals surface area contributed by atoms with Gasteiger partial charge in [0.15, 0.2) is 5.11 Å². The Kier molecular flexibility index (Phi) is 5.17. The zero-order chi connectivity index (χ0) is 20.2. The van der Waals surface area contributed by atoms with Crippen LogP contribution in [0.2, 0.25) is 0 Å². The van der Waals surface area contributed by atoms with E-state index in [4.69, 9.17) is 12.2 Å². The number of nitrogens with zero attached hydrogens (tertiary/aromatic N) is 3. The Morgan fingerprint density at radius 2 is 1.79 bits per heavy atom. The molecule has 0 aliphatic carbocycles. The SMILES string of the molecule is O=[N+]([O-])c1cccc(NC(=S)Nc2cnn(Cc3cccc4ccccc34)c2)c1. The lowest BCUT2D eigenvalue weighted by Crippen LogP contribution is -2.18. The van der Waals surface area contributed by atoms with Crippen LogP contribution in [-0.4, -0.2) is 19.8 Å². The first-order valence-corrected chi connectivity index (χ1v) is 9.31. The third-order valence-electron chi connectivity index (χ3n) is 4.42. The Labute approximate surface area is 172 Å². The van der Waals surface area contributed by atoms with E-state index in [0.29, 0.717) is 17.3 Å². The molecule has 4 rings (SSSR count). The molecule has 0 radical (unpaired) electrons. The number of nitro benzene ring substituents is 1. The van der Waals surface area contributed by atoms with E-state index >= 15 is 0 Å². The summed E-state index contributed by atoms with van der Waals surface area (Å²) in [4.78, 5) is 10.4. The number of fused-ring (bicyclic) bond motifs is 1. The Morgan fingerprint density at radius 3 is 2.66 bits per heavy atom. The molecule has 2 N–H and O–H groups in total. The van der Waals surface area contributed by atoms with Crippen molar-refractivity contribution in [2.45, 2.75) is 6.54 Å². The van der Waals surface area contributed by atoms with Crippen LogP contribution in [0.5, 0.6) is 0 Å². The van der Waals surface area contributed by atoms with Crippen LogP contribution in [0.25, 0.3) is 10.8 Å². The van der Waals surface area contributed by atoms with E-state index in [0.717, 1.165) is 5.69 Å². The lowest BCUT2D eigenvalue weighted by atomic mass is 10.0. The standard InChI is InChI=1S/C21H17N5O2S/c27-26(28)19-9-4-8-17(11-19)23-21(29)24-18-12-22-25(14-18)13-16-7-3-6-15-5-1-2-10-20(15)16/h1-12,14H,13H2,(H2,23,24,29). The van der Waals surface area contributed by atoms with Crippen molar-refractivity contribution < 1.29 is 4.92 Å². The summed E-state index contributed by atoms with van der Waals surface area (Å²) in [5.41, 5.74) is 2.45. The van der Waals surface area contributed by atoms with E-state index in [2.05, 4.69) is 40.0 Å². The fraction of sp³-hybridized carbons (Fsp3) is 0.0476. The molecule has 8 heteroatoms. The average molecular weight is 403 g/mol. The molecule has 0 aliphatic rings. The fourth-order valence-electron chi connectivity index (χ4n) is 3.11. The van der Waals surface area contributed by atoms with Crippen LogP contribution in [-0.2, 0) is 6.54 Å². The van der Waals surface area contributed by atoms with Gasteiger partial charge in [-0.3, -0.25) is 14.8 Å². The minimum absolute atomic E-state index is 0.000655. The minimum Gasteiger partial charge on any atom is -0.332 e. The average Bonchev–Trinajstić information content (AvgIpc) is 3.15. The van der Waals surface area contributed by atoms with Gasteiger partial charge in [-0.05, 0) is 34.6 Å². The molecule has 0 saturated heterocycles. The maximum atomic E-state index is 10.9. The highest BCUT2D eigenvalue weighted by atomic mass is 32.1. The number of rotatable bonds is 5. The maximum Gasteiger partial charge on any atom is 0.271 e. The van der Waals surface area contributed by atoms with Crippen LogP contribution in [0.1, 0.15) is 5.56 Å². The van der Waals surface area contributed by atoms with Crippen LogP contribution in [0.15, 0.2) is 79.1 Å². The van der Waals surface area contributed by atoms with Crippen LogP contribution in [0, 0.1) is 10.1 Å². The van der Waals surface area contributed by atoms with Crippen molar-refractivity contribution in [3.63, 3.8) is 0 Å². The van der Waals surface area contributed by atoms with Gasteiger partial charge in [-0.1, -0.05) is 48.5 Å². The van der Waals surface area contributed by atoms with Crippen LogP contribution in [0.4, 0.5) is 17.1 Å². The second kappa shape index (κ2) is 8.07. The van der Waals surface area contributed by atoms with Gasteiger partial charge >= 0.3 is 0 Å². The molecule has 7 nitrogen and oxygen atoms in total. The van der Waals surface area contributed by atoms with E-state index in [9.17, 15) is 10.1 Å². The van der Waals surface area contributed by atoms with Crippen molar-refractivity contribution in [1.82, 2.24) is 9.78 Å². The molecule has 0 amide bonds. The number of nitrogens with one attached hydrogen (secondary N) is 2. The predicted molar refractivity (Wildman–Crippen MR) is 118 cm³/mol. The highest BCUT2D eigenvalue weighted by molar-refractivity contribution is 7.80. The first-order valence-electron chi connectivity index (χ1n) is 8.90. The normalized spacial score (nSPS) is 10.6. The number of benzene rings is 3. The van der Waals surface area contributed by atoms with E-state index in [1.807, 2.05) is 29.1 Å². The van der Waals surface area contributed by atoms with Gasteiger partial charge in [-0.2, -0.15) is 5.10 Å². The van der Waals surface area contributed by atoms with Crippen LogP contribution < -0.4 is 10.6 Å². The largest absolute Gasteiger partial charge is 0.332 e. The molecule has 0 aliphatic heterocycles. The molecule has 29 heavy (non-hydrogen) atoms.